The molecule has 16 heteroatoms. The molecule has 16 nitrogen and oxygen atoms in total. The SMILES string of the molecule is CCN(CC)c1nc(N[C@H]2COCO[C@H]2c2ccc([N+](=O)[O-])cc2)nc(N[C@H]2COCO[C@H]2c2ccc([N+](=O)[O-])cc2)n1. The zero-order valence-corrected chi connectivity index (χ0v) is 23.6. The number of hydrogen-bond donors (Lipinski definition) is 2. The van der Waals surface area contributed by atoms with Crippen molar-refractivity contribution in [3.8, 4) is 0 Å². The van der Waals surface area contributed by atoms with Gasteiger partial charge < -0.3 is 34.5 Å². The van der Waals surface area contributed by atoms with Crippen LogP contribution in [-0.2, 0) is 18.9 Å². The molecule has 0 spiro atoms. The van der Waals surface area contributed by atoms with E-state index in [4.69, 9.17) is 18.9 Å². The van der Waals surface area contributed by atoms with Crippen LogP contribution in [-0.4, -0.2) is 76.8 Å². The number of nitro groups is 2. The second-order valence-corrected chi connectivity index (χ2v) is 9.81. The van der Waals surface area contributed by atoms with Gasteiger partial charge >= 0.3 is 0 Å². The van der Waals surface area contributed by atoms with E-state index in [0.29, 0.717) is 19.0 Å². The molecule has 1 aromatic heterocycles. The highest BCUT2D eigenvalue weighted by atomic mass is 16.7. The number of benzene rings is 2. The number of hydrogen-bond acceptors (Lipinski definition) is 14. The predicted molar refractivity (Wildman–Crippen MR) is 154 cm³/mol. The minimum absolute atomic E-state index is 0.0138. The molecule has 4 atom stereocenters. The molecule has 2 aromatic carbocycles. The van der Waals surface area contributed by atoms with Gasteiger partial charge in [-0.05, 0) is 49.2 Å². The van der Waals surface area contributed by atoms with Gasteiger partial charge in [-0.1, -0.05) is 0 Å². The summed E-state index contributed by atoms with van der Waals surface area (Å²) < 4.78 is 22.9. The molecule has 0 saturated carbocycles. The Balaban J connectivity index is 1.41. The van der Waals surface area contributed by atoms with Crippen LogP contribution in [0.3, 0.4) is 0 Å². The third-order valence-corrected chi connectivity index (χ3v) is 7.15. The lowest BCUT2D eigenvalue weighted by atomic mass is 10.0. The number of rotatable bonds is 11. The van der Waals surface area contributed by atoms with Crippen molar-refractivity contribution in [1.29, 1.82) is 0 Å². The first-order valence-corrected chi connectivity index (χ1v) is 13.8. The van der Waals surface area contributed by atoms with Gasteiger partial charge in [0.15, 0.2) is 0 Å². The van der Waals surface area contributed by atoms with Gasteiger partial charge in [0.05, 0.1) is 35.1 Å². The molecule has 3 heterocycles. The van der Waals surface area contributed by atoms with E-state index in [1.165, 1.54) is 24.3 Å². The molecule has 0 amide bonds. The van der Waals surface area contributed by atoms with Crippen molar-refractivity contribution in [3.63, 3.8) is 0 Å². The van der Waals surface area contributed by atoms with Crippen molar-refractivity contribution in [3.05, 3.63) is 79.9 Å². The van der Waals surface area contributed by atoms with E-state index in [1.807, 2.05) is 18.7 Å². The van der Waals surface area contributed by atoms with E-state index >= 15 is 0 Å². The summed E-state index contributed by atoms with van der Waals surface area (Å²) in [5.41, 5.74) is 1.45. The zero-order valence-electron chi connectivity index (χ0n) is 23.6. The molecule has 0 radical (unpaired) electrons. The standard InChI is InChI=1S/C27H32N8O8/c1-3-33(4-2)27-31-25(28-21-13-40-15-42-23(21)17-5-9-19(10-6-17)34(36)37)30-26(32-27)29-22-14-41-16-43-24(22)18-7-11-20(12-8-18)35(38)39/h5-12,21-24H,3-4,13-16H2,1-2H3,(H2,28,29,30,31,32)/t21-,22-,23-,24-/m0/s1. The molecule has 2 aliphatic rings. The van der Waals surface area contributed by atoms with Crippen LogP contribution in [0.15, 0.2) is 48.5 Å². The number of anilines is 3. The first-order valence-electron chi connectivity index (χ1n) is 13.8. The Morgan fingerprint density at radius 3 is 1.53 bits per heavy atom. The summed E-state index contributed by atoms with van der Waals surface area (Å²) in [5, 5.41) is 28.8. The summed E-state index contributed by atoms with van der Waals surface area (Å²) in [4.78, 5) is 37.2. The molecule has 3 aromatic rings. The summed E-state index contributed by atoms with van der Waals surface area (Å²) >= 11 is 0. The fourth-order valence-corrected chi connectivity index (χ4v) is 4.94. The van der Waals surface area contributed by atoms with Gasteiger partial charge in [0, 0.05) is 37.4 Å². The first-order chi connectivity index (χ1) is 20.9. The molecule has 228 valence electrons. The number of nitrogens with one attached hydrogen (secondary N) is 2. The lowest BCUT2D eigenvalue weighted by Crippen LogP contribution is -2.40. The maximum Gasteiger partial charge on any atom is 0.269 e. The van der Waals surface area contributed by atoms with Crippen molar-refractivity contribution >= 4 is 29.2 Å². The quantitative estimate of drug-likeness (QED) is 0.241. The van der Waals surface area contributed by atoms with E-state index in [9.17, 15) is 20.2 Å². The van der Waals surface area contributed by atoms with Gasteiger partial charge in [-0.3, -0.25) is 20.2 Å². The van der Waals surface area contributed by atoms with Crippen LogP contribution in [0.1, 0.15) is 37.2 Å². The Bertz CT molecular complexity index is 1310. The van der Waals surface area contributed by atoms with Crippen molar-refractivity contribution in [2.75, 3.05) is 55.4 Å². The zero-order chi connectivity index (χ0) is 30.3. The summed E-state index contributed by atoms with van der Waals surface area (Å²) in [5.74, 6) is 0.990. The number of nitro benzene ring substituents is 2. The average molecular weight is 597 g/mol. The third kappa shape index (κ3) is 7.11. The smallest absolute Gasteiger partial charge is 0.269 e. The van der Waals surface area contributed by atoms with Gasteiger partial charge in [-0.25, -0.2) is 0 Å². The Labute approximate surface area is 246 Å². The molecular weight excluding hydrogens is 564 g/mol. The van der Waals surface area contributed by atoms with Crippen LogP contribution in [0.5, 0.6) is 0 Å². The highest BCUT2D eigenvalue weighted by molar-refractivity contribution is 5.46. The molecule has 2 saturated heterocycles. The molecule has 0 aliphatic carbocycles. The number of aromatic nitrogens is 3. The van der Waals surface area contributed by atoms with E-state index in [0.717, 1.165) is 11.1 Å². The minimum atomic E-state index is -0.480. The van der Waals surface area contributed by atoms with Crippen LogP contribution in [0.25, 0.3) is 0 Å². The summed E-state index contributed by atoms with van der Waals surface area (Å²) in [6.07, 6.45) is -0.961. The predicted octanol–water partition coefficient (Wildman–Crippen LogP) is 3.59. The van der Waals surface area contributed by atoms with Gasteiger partial charge in [-0.15, -0.1) is 0 Å². The second kappa shape index (κ2) is 13.6. The summed E-state index contributed by atoms with van der Waals surface area (Å²) in [6.45, 7) is 6.00. The van der Waals surface area contributed by atoms with E-state index in [1.54, 1.807) is 24.3 Å². The highest BCUT2D eigenvalue weighted by Crippen LogP contribution is 2.31. The number of ether oxygens (including phenoxy) is 4. The van der Waals surface area contributed by atoms with E-state index in [2.05, 4.69) is 25.6 Å². The normalized spacial score (nSPS) is 22.0. The lowest BCUT2D eigenvalue weighted by molar-refractivity contribution is -0.385. The van der Waals surface area contributed by atoms with Crippen LogP contribution in [0.4, 0.5) is 29.2 Å². The Morgan fingerprint density at radius 1 is 0.744 bits per heavy atom. The summed E-state index contributed by atoms with van der Waals surface area (Å²) in [6, 6.07) is 11.5. The van der Waals surface area contributed by atoms with Gasteiger partial charge in [0.25, 0.3) is 11.4 Å². The monoisotopic (exact) mass is 596 g/mol. The van der Waals surface area contributed by atoms with Crippen LogP contribution >= 0.6 is 0 Å². The average Bonchev–Trinajstić information content (AvgIpc) is 3.02. The van der Waals surface area contributed by atoms with Crippen molar-refractivity contribution in [2.45, 2.75) is 38.1 Å². The van der Waals surface area contributed by atoms with Crippen molar-refractivity contribution < 1.29 is 28.8 Å². The van der Waals surface area contributed by atoms with Gasteiger partial charge in [-0.2, -0.15) is 15.0 Å². The Morgan fingerprint density at radius 2 is 1.16 bits per heavy atom. The van der Waals surface area contributed by atoms with Gasteiger partial charge in [0.1, 0.15) is 25.8 Å². The topological polar surface area (TPSA) is 189 Å². The molecule has 2 aliphatic heterocycles. The molecular formula is C27H32N8O8. The Hall–Kier alpha value is -4.51. The second-order valence-electron chi connectivity index (χ2n) is 9.81. The summed E-state index contributed by atoms with van der Waals surface area (Å²) in [7, 11) is 0. The fourth-order valence-electron chi connectivity index (χ4n) is 4.94. The lowest BCUT2D eigenvalue weighted by Gasteiger charge is -2.33. The maximum absolute atomic E-state index is 11.1. The highest BCUT2D eigenvalue weighted by Gasteiger charge is 2.32. The Kier molecular flexibility index (Phi) is 9.51. The minimum Gasteiger partial charge on any atom is -0.353 e. The molecule has 2 fully saturated rings. The van der Waals surface area contributed by atoms with Crippen LogP contribution < -0.4 is 15.5 Å². The van der Waals surface area contributed by atoms with Crippen LogP contribution in [0, 0.1) is 20.2 Å². The number of non-ortho nitro benzene ring substituents is 2. The largest absolute Gasteiger partial charge is 0.353 e. The molecule has 43 heavy (non-hydrogen) atoms. The molecule has 0 bridgehead atoms. The molecule has 5 rings (SSSR count). The molecule has 0 unspecified atom stereocenters. The fraction of sp³-hybridized carbons (Fsp3) is 0.444. The third-order valence-electron chi connectivity index (χ3n) is 7.15. The van der Waals surface area contributed by atoms with Crippen molar-refractivity contribution in [1.82, 2.24) is 15.0 Å². The van der Waals surface area contributed by atoms with E-state index in [-0.39, 0.29) is 50.1 Å². The maximum atomic E-state index is 11.1. The van der Waals surface area contributed by atoms with Crippen molar-refractivity contribution in [2.24, 2.45) is 0 Å². The molecule has 2 N–H and O–H groups in total. The van der Waals surface area contributed by atoms with Gasteiger partial charge in [0.2, 0.25) is 17.8 Å². The van der Waals surface area contributed by atoms with E-state index < -0.39 is 34.1 Å². The van der Waals surface area contributed by atoms with Crippen LogP contribution in [0.2, 0.25) is 0 Å². The first kappa shape index (κ1) is 30.0. The number of nitrogens with zero attached hydrogens (tertiary/aromatic N) is 6.